The Kier molecular flexibility index (Phi) is 5.04. The van der Waals surface area contributed by atoms with Gasteiger partial charge in [-0.05, 0) is 30.2 Å². The van der Waals surface area contributed by atoms with Gasteiger partial charge >= 0.3 is 0 Å². The zero-order chi connectivity index (χ0) is 17.6. The van der Waals surface area contributed by atoms with Gasteiger partial charge in [-0.3, -0.25) is 9.59 Å². The highest BCUT2D eigenvalue weighted by atomic mass is 16.2. The highest BCUT2D eigenvalue weighted by molar-refractivity contribution is 5.90. The van der Waals surface area contributed by atoms with E-state index in [1.165, 1.54) is 10.7 Å². The largest absolute Gasteiger partial charge is 0.324 e. The van der Waals surface area contributed by atoms with Crippen LogP contribution in [-0.2, 0) is 17.8 Å². The molecule has 0 bridgehead atoms. The second-order valence-corrected chi connectivity index (χ2v) is 5.68. The molecule has 1 aromatic heterocycles. The first kappa shape index (κ1) is 16.6. The van der Waals surface area contributed by atoms with Gasteiger partial charge in [0.05, 0.1) is 5.69 Å². The van der Waals surface area contributed by atoms with Gasteiger partial charge in [-0.25, -0.2) is 4.68 Å². The molecule has 0 fully saturated rings. The fraction of sp³-hybridized carbons (Fsp3) is 0.150. The fourth-order valence-electron chi connectivity index (χ4n) is 2.53. The molecular formula is C20H19N3O2. The lowest BCUT2D eigenvalue weighted by Gasteiger charge is -2.09. The number of carbonyl (C=O) groups is 1. The average Bonchev–Trinajstić information content (AvgIpc) is 2.64. The number of carbonyl (C=O) groups excluding carboxylic acids is 1. The van der Waals surface area contributed by atoms with Crippen LogP contribution in [0.3, 0.4) is 0 Å². The van der Waals surface area contributed by atoms with E-state index in [2.05, 4.69) is 17.3 Å². The first-order valence-corrected chi connectivity index (χ1v) is 8.18. The molecule has 126 valence electrons. The Morgan fingerprint density at radius 1 is 1.04 bits per heavy atom. The van der Waals surface area contributed by atoms with Crippen molar-refractivity contribution in [3.63, 3.8) is 0 Å². The lowest BCUT2D eigenvalue weighted by Crippen LogP contribution is -2.29. The summed E-state index contributed by atoms with van der Waals surface area (Å²) in [5.41, 5.74) is 3.10. The molecule has 3 aromatic rings. The highest BCUT2D eigenvalue weighted by Crippen LogP contribution is 2.14. The van der Waals surface area contributed by atoms with Gasteiger partial charge in [-0.1, -0.05) is 49.4 Å². The number of nitrogens with one attached hydrogen (secondary N) is 1. The quantitative estimate of drug-likeness (QED) is 0.780. The maximum atomic E-state index is 12.3. The monoisotopic (exact) mass is 333 g/mol. The second kappa shape index (κ2) is 7.57. The Morgan fingerprint density at radius 3 is 2.60 bits per heavy atom. The van der Waals surface area contributed by atoms with Gasteiger partial charge in [0, 0.05) is 17.3 Å². The predicted molar refractivity (Wildman–Crippen MR) is 98.4 cm³/mol. The topological polar surface area (TPSA) is 64.0 Å². The maximum absolute atomic E-state index is 12.3. The summed E-state index contributed by atoms with van der Waals surface area (Å²) >= 11 is 0. The summed E-state index contributed by atoms with van der Waals surface area (Å²) in [6.45, 7) is 1.93. The molecule has 0 aliphatic heterocycles. The van der Waals surface area contributed by atoms with E-state index in [9.17, 15) is 9.59 Å². The van der Waals surface area contributed by atoms with Crippen molar-refractivity contribution >= 4 is 11.6 Å². The summed E-state index contributed by atoms with van der Waals surface area (Å²) in [5, 5.41) is 7.11. The molecule has 1 amide bonds. The van der Waals surface area contributed by atoms with E-state index in [0.29, 0.717) is 5.69 Å². The Bertz CT molecular complexity index is 933. The minimum Gasteiger partial charge on any atom is -0.324 e. The number of anilines is 1. The fourth-order valence-corrected chi connectivity index (χ4v) is 2.53. The van der Waals surface area contributed by atoms with Gasteiger partial charge < -0.3 is 5.32 Å². The summed E-state index contributed by atoms with van der Waals surface area (Å²) < 4.78 is 1.18. The number of nitrogens with zero attached hydrogens (tertiary/aromatic N) is 2. The zero-order valence-electron chi connectivity index (χ0n) is 14.0. The third-order valence-electron chi connectivity index (χ3n) is 3.85. The molecule has 3 rings (SSSR count). The minimum absolute atomic E-state index is 0.129. The van der Waals surface area contributed by atoms with Gasteiger partial charge in [0.1, 0.15) is 6.54 Å². The number of hydrogen-bond donors (Lipinski definition) is 1. The predicted octanol–water partition coefficient (Wildman–Crippen LogP) is 3.11. The van der Waals surface area contributed by atoms with Gasteiger partial charge in [-0.2, -0.15) is 5.10 Å². The van der Waals surface area contributed by atoms with E-state index in [0.717, 1.165) is 23.2 Å². The summed E-state index contributed by atoms with van der Waals surface area (Å²) in [5.74, 6) is -0.284. The number of rotatable bonds is 5. The van der Waals surface area contributed by atoms with E-state index < -0.39 is 0 Å². The SMILES string of the molecule is CCc1cccc(NC(=O)Cn2nc(-c3ccccc3)ccc2=O)c1. The lowest BCUT2D eigenvalue weighted by atomic mass is 10.1. The van der Waals surface area contributed by atoms with Gasteiger partial charge in [0.2, 0.25) is 5.91 Å². The Labute approximate surface area is 145 Å². The van der Waals surface area contributed by atoms with Gasteiger partial charge in [-0.15, -0.1) is 0 Å². The third kappa shape index (κ3) is 4.20. The van der Waals surface area contributed by atoms with Crippen molar-refractivity contribution in [3.8, 4) is 11.3 Å². The van der Waals surface area contributed by atoms with Crippen molar-refractivity contribution in [1.82, 2.24) is 9.78 Å². The zero-order valence-corrected chi connectivity index (χ0v) is 14.0. The molecule has 0 spiro atoms. The molecule has 1 heterocycles. The van der Waals surface area contributed by atoms with Crippen molar-refractivity contribution in [2.75, 3.05) is 5.32 Å². The van der Waals surface area contributed by atoms with Crippen LogP contribution in [0, 0.1) is 0 Å². The summed E-state index contributed by atoms with van der Waals surface area (Å²) in [6, 6.07) is 20.3. The smallest absolute Gasteiger partial charge is 0.267 e. The molecular weight excluding hydrogens is 314 g/mol. The minimum atomic E-state index is -0.308. The molecule has 25 heavy (non-hydrogen) atoms. The molecule has 0 saturated heterocycles. The molecule has 0 aliphatic rings. The first-order chi connectivity index (χ1) is 12.2. The first-order valence-electron chi connectivity index (χ1n) is 8.18. The van der Waals surface area contributed by atoms with Crippen molar-refractivity contribution in [2.45, 2.75) is 19.9 Å². The number of aromatic nitrogens is 2. The summed E-state index contributed by atoms with van der Waals surface area (Å²) in [6.07, 6.45) is 0.893. The van der Waals surface area contributed by atoms with E-state index in [1.54, 1.807) is 6.07 Å². The van der Waals surface area contributed by atoms with Gasteiger partial charge in [0.15, 0.2) is 0 Å². The van der Waals surface area contributed by atoms with Crippen molar-refractivity contribution in [2.24, 2.45) is 0 Å². The molecule has 0 unspecified atom stereocenters. The van der Waals surface area contributed by atoms with Crippen molar-refractivity contribution in [3.05, 3.63) is 82.6 Å². The van der Waals surface area contributed by atoms with E-state index in [1.807, 2.05) is 54.6 Å². The summed E-state index contributed by atoms with van der Waals surface area (Å²) in [4.78, 5) is 24.3. The average molecular weight is 333 g/mol. The summed E-state index contributed by atoms with van der Waals surface area (Å²) in [7, 11) is 0. The van der Waals surface area contributed by atoms with E-state index in [4.69, 9.17) is 0 Å². The Morgan fingerprint density at radius 2 is 1.84 bits per heavy atom. The van der Waals surface area contributed by atoms with Crippen LogP contribution in [0.4, 0.5) is 5.69 Å². The molecule has 2 aromatic carbocycles. The van der Waals surface area contributed by atoms with Crippen LogP contribution < -0.4 is 10.9 Å². The highest BCUT2D eigenvalue weighted by Gasteiger charge is 2.08. The number of benzene rings is 2. The second-order valence-electron chi connectivity index (χ2n) is 5.68. The number of hydrogen-bond acceptors (Lipinski definition) is 3. The van der Waals surface area contributed by atoms with Crippen LogP contribution in [0.5, 0.6) is 0 Å². The normalized spacial score (nSPS) is 10.4. The van der Waals surface area contributed by atoms with Gasteiger partial charge in [0.25, 0.3) is 5.56 Å². The third-order valence-corrected chi connectivity index (χ3v) is 3.85. The van der Waals surface area contributed by atoms with E-state index in [-0.39, 0.29) is 18.0 Å². The Balaban J connectivity index is 1.78. The van der Waals surface area contributed by atoms with Crippen molar-refractivity contribution in [1.29, 1.82) is 0 Å². The number of aryl methyl sites for hydroxylation is 1. The van der Waals surface area contributed by atoms with Crippen LogP contribution in [0.2, 0.25) is 0 Å². The molecule has 5 heteroatoms. The van der Waals surface area contributed by atoms with Crippen LogP contribution in [-0.4, -0.2) is 15.7 Å². The molecule has 0 atom stereocenters. The maximum Gasteiger partial charge on any atom is 0.267 e. The molecule has 0 saturated carbocycles. The molecule has 0 aliphatic carbocycles. The van der Waals surface area contributed by atoms with Crippen LogP contribution >= 0.6 is 0 Å². The number of amides is 1. The standard InChI is InChI=1S/C20H19N3O2/c1-2-15-7-6-10-17(13-15)21-19(24)14-23-20(25)12-11-18(22-23)16-8-4-3-5-9-16/h3-13H,2,14H2,1H3,(H,21,24). The van der Waals surface area contributed by atoms with Crippen LogP contribution in [0.25, 0.3) is 11.3 Å². The van der Waals surface area contributed by atoms with E-state index >= 15 is 0 Å². The molecule has 5 nitrogen and oxygen atoms in total. The van der Waals surface area contributed by atoms with Crippen LogP contribution in [0.1, 0.15) is 12.5 Å². The lowest BCUT2D eigenvalue weighted by molar-refractivity contribution is -0.117. The molecule has 0 radical (unpaired) electrons. The van der Waals surface area contributed by atoms with Crippen molar-refractivity contribution < 1.29 is 4.79 Å². The van der Waals surface area contributed by atoms with Crippen LogP contribution in [0.15, 0.2) is 71.5 Å². The Hall–Kier alpha value is -3.21. The molecule has 1 N–H and O–H groups in total.